The molecule has 3 aromatic heterocycles. The van der Waals surface area contributed by atoms with Crippen molar-refractivity contribution in [3.8, 4) is 0 Å². The number of alkyl halides is 6. The topological polar surface area (TPSA) is 125 Å². The number of halogens is 6. The van der Waals surface area contributed by atoms with Gasteiger partial charge in [0.05, 0.1) is 20.5 Å². The number of aromatic nitrogens is 3. The summed E-state index contributed by atoms with van der Waals surface area (Å²) in [6.45, 7) is -0.149. The fraction of sp³-hybridized carbons (Fsp3) is 0.0833. The third-order valence-electron chi connectivity index (χ3n) is 8.47. The van der Waals surface area contributed by atoms with Gasteiger partial charge in [-0.3, -0.25) is 19.2 Å². The number of allylic oxidation sites excluding steroid dienone is 2. The lowest BCUT2D eigenvalue weighted by Crippen LogP contribution is -2.14. The molecule has 0 radical (unpaired) electrons. The van der Waals surface area contributed by atoms with Crippen molar-refractivity contribution in [3.05, 3.63) is 116 Å². The van der Waals surface area contributed by atoms with Crippen LogP contribution in [-0.2, 0) is 33.3 Å². The van der Waals surface area contributed by atoms with Gasteiger partial charge in [0.2, 0.25) is 23.1 Å². The zero-order valence-corrected chi connectivity index (χ0v) is 27.7. The number of ether oxygens (including phenoxy) is 1. The van der Waals surface area contributed by atoms with E-state index in [1.54, 1.807) is 30.3 Å². The van der Waals surface area contributed by atoms with Gasteiger partial charge >= 0.3 is 18.4 Å². The second kappa shape index (κ2) is 12.0. The molecule has 3 aromatic carbocycles. The van der Waals surface area contributed by atoms with Crippen LogP contribution in [0.1, 0.15) is 58.5 Å². The SMILES string of the molecule is O=C1C(=O)c2cc(C(F)(F)F)ccc2/C1=C/c1nc2c(s1)c1sc(/C=C3\C(=O)C(=O)c4cc(C(F)(F)F)ccc43)nc1n2C(=O)OCc1ccccc1. The number of nitrogens with zero attached hydrogens (tertiary/aromatic N) is 3. The predicted molar refractivity (Wildman–Crippen MR) is 180 cm³/mol. The Morgan fingerprint density at radius 1 is 0.642 bits per heavy atom. The lowest BCUT2D eigenvalue weighted by molar-refractivity contribution is -0.138. The first-order chi connectivity index (χ1) is 25.1. The van der Waals surface area contributed by atoms with Gasteiger partial charge in [0.15, 0.2) is 11.3 Å². The Morgan fingerprint density at radius 2 is 1.09 bits per heavy atom. The molecule has 0 saturated carbocycles. The first kappa shape index (κ1) is 34.0. The van der Waals surface area contributed by atoms with Crippen molar-refractivity contribution >= 4 is 95.9 Å². The highest BCUT2D eigenvalue weighted by Crippen LogP contribution is 2.42. The molecule has 0 spiro atoms. The maximum atomic E-state index is 13.6. The minimum absolute atomic E-state index is 0.0201. The fourth-order valence-electron chi connectivity index (χ4n) is 5.99. The molecule has 6 aromatic rings. The van der Waals surface area contributed by atoms with Gasteiger partial charge in [-0.05, 0) is 53.1 Å². The third-order valence-corrected chi connectivity index (χ3v) is 10.6. The Morgan fingerprint density at radius 3 is 1.53 bits per heavy atom. The Bertz CT molecular complexity index is 2540. The number of rotatable bonds is 4. The maximum absolute atomic E-state index is 13.6. The second-order valence-electron chi connectivity index (χ2n) is 11.7. The van der Waals surface area contributed by atoms with Crippen molar-refractivity contribution in [3.63, 3.8) is 0 Å². The number of benzene rings is 3. The normalized spacial score (nSPS) is 16.1. The largest absolute Gasteiger partial charge is 0.444 e. The van der Waals surface area contributed by atoms with E-state index in [-0.39, 0.29) is 50.2 Å². The molecule has 8 rings (SSSR count). The minimum atomic E-state index is -4.75. The number of carbonyl (C=O) groups is 5. The molecule has 0 atom stereocenters. The van der Waals surface area contributed by atoms with Crippen LogP contribution >= 0.6 is 22.7 Å². The summed E-state index contributed by atoms with van der Waals surface area (Å²) in [5.74, 6) is -4.32. The smallest absolute Gasteiger partial charge is 0.421 e. The molecule has 264 valence electrons. The van der Waals surface area contributed by atoms with Gasteiger partial charge in [0, 0.05) is 22.3 Å². The predicted octanol–water partition coefficient (Wildman–Crippen LogP) is 8.54. The summed E-state index contributed by atoms with van der Waals surface area (Å²) in [6, 6.07) is 13.5. The number of fused-ring (bicyclic) bond motifs is 5. The summed E-state index contributed by atoms with van der Waals surface area (Å²) in [7, 11) is 0. The average Bonchev–Trinajstić information content (AvgIpc) is 3.89. The van der Waals surface area contributed by atoms with Gasteiger partial charge in [-0.15, -0.1) is 22.7 Å². The van der Waals surface area contributed by atoms with E-state index in [9.17, 15) is 50.3 Å². The van der Waals surface area contributed by atoms with Crippen molar-refractivity contribution < 1.29 is 55.1 Å². The van der Waals surface area contributed by atoms with Gasteiger partial charge in [0.1, 0.15) is 16.6 Å². The van der Waals surface area contributed by atoms with Gasteiger partial charge in [0.25, 0.3) is 0 Å². The lowest BCUT2D eigenvalue weighted by Gasteiger charge is -2.07. The molecule has 0 unspecified atom stereocenters. The molecule has 2 aliphatic carbocycles. The first-order valence-corrected chi connectivity index (χ1v) is 16.8. The molecule has 3 heterocycles. The van der Waals surface area contributed by atoms with E-state index >= 15 is 0 Å². The van der Waals surface area contributed by atoms with Crippen molar-refractivity contribution in [2.45, 2.75) is 19.0 Å². The molecule has 0 amide bonds. The van der Waals surface area contributed by atoms with Crippen LogP contribution in [-0.4, -0.2) is 43.8 Å². The van der Waals surface area contributed by atoms with Crippen LogP contribution in [0.15, 0.2) is 66.7 Å². The minimum Gasteiger partial charge on any atom is -0.444 e. The summed E-state index contributed by atoms with van der Waals surface area (Å²) in [6.07, 6.45) is -7.96. The summed E-state index contributed by atoms with van der Waals surface area (Å²) in [5.41, 5.74) is -2.73. The van der Waals surface area contributed by atoms with Crippen molar-refractivity contribution in [1.29, 1.82) is 0 Å². The third kappa shape index (κ3) is 5.68. The maximum Gasteiger partial charge on any atom is 0.421 e. The van der Waals surface area contributed by atoms with Crippen LogP contribution in [0, 0.1) is 0 Å². The van der Waals surface area contributed by atoms with Crippen LogP contribution < -0.4 is 0 Å². The highest BCUT2D eigenvalue weighted by Gasteiger charge is 2.40. The molecule has 2 aliphatic rings. The molecular weight excluding hydrogens is 749 g/mol. The number of carbonyl (C=O) groups excluding carboxylic acids is 5. The molecule has 53 heavy (non-hydrogen) atoms. The quantitative estimate of drug-likeness (QED) is 0.0994. The van der Waals surface area contributed by atoms with E-state index in [0.29, 0.717) is 27.1 Å². The molecular formula is C36H15F6N3O6S2. The highest BCUT2D eigenvalue weighted by atomic mass is 32.1. The molecule has 9 nitrogen and oxygen atoms in total. The number of Topliss-reactive ketones (excluding diaryl/α,β-unsaturated/α-hetero) is 4. The van der Waals surface area contributed by atoms with E-state index in [0.717, 1.165) is 51.5 Å². The monoisotopic (exact) mass is 763 g/mol. The highest BCUT2D eigenvalue weighted by molar-refractivity contribution is 7.27. The molecule has 17 heteroatoms. The first-order valence-electron chi connectivity index (χ1n) is 15.2. The molecule has 0 bridgehead atoms. The average molecular weight is 764 g/mol. The van der Waals surface area contributed by atoms with Crippen molar-refractivity contribution in [1.82, 2.24) is 14.5 Å². The lowest BCUT2D eigenvalue weighted by atomic mass is 10.0. The van der Waals surface area contributed by atoms with Gasteiger partial charge in [-0.1, -0.05) is 42.5 Å². The van der Waals surface area contributed by atoms with Crippen molar-refractivity contribution in [2.75, 3.05) is 0 Å². The summed E-state index contributed by atoms with van der Waals surface area (Å²) < 4.78 is 87.2. The Kier molecular flexibility index (Phi) is 7.70. The Hall–Kier alpha value is -6.07. The van der Waals surface area contributed by atoms with Crippen LogP contribution in [0.5, 0.6) is 0 Å². The zero-order chi connectivity index (χ0) is 37.6. The van der Waals surface area contributed by atoms with Crippen LogP contribution in [0.4, 0.5) is 31.1 Å². The number of hydrogen-bond acceptors (Lipinski definition) is 10. The summed E-state index contributed by atoms with van der Waals surface area (Å²) in [4.78, 5) is 73.8. The second-order valence-corrected chi connectivity index (χ2v) is 13.8. The van der Waals surface area contributed by atoms with Crippen molar-refractivity contribution in [2.24, 2.45) is 0 Å². The number of ketones is 4. The Balaban J connectivity index is 1.24. The van der Waals surface area contributed by atoms with Gasteiger partial charge in [-0.25, -0.2) is 19.3 Å². The standard InChI is InChI=1S/C36H15F6N3O6S2/c37-35(38,39)16-6-8-18-20(10-16)26(46)28(48)22(18)12-24-43-32-30(52-24)31-33(45(32)34(50)51-14-15-4-2-1-3-5-15)44-25(53-31)13-23-19-9-7-17(36(40,41)42)11-21(19)27(47)29(23)49/h1-13H,14H2/b22-12-,23-13-. The number of hydrogen-bond donors (Lipinski definition) is 0. The molecule has 0 saturated heterocycles. The van der Waals surface area contributed by atoms with E-state index in [1.807, 2.05) is 0 Å². The zero-order valence-electron chi connectivity index (χ0n) is 26.1. The van der Waals surface area contributed by atoms with E-state index in [2.05, 4.69) is 9.97 Å². The van der Waals surface area contributed by atoms with Gasteiger partial charge in [-0.2, -0.15) is 26.3 Å². The van der Waals surface area contributed by atoms with Crippen LogP contribution in [0.2, 0.25) is 0 Å². The molecule has 0 aliphatic heterocycles. The number of thiazole rings is 2. The van der Waals surface area contributed by atoms with Crippen LogP contribution in [0.3, 0.4) is 0 Å². The van der Waals surface area contributed by atoms with E-state index < -0.39 is 63.8 Å². The summed E-state index contributed by atoms with van der Waals surface area (Å²) >= 11 is 1.93. The Labute approximate surface area is 299 Å². The van der Waals surface area contributed by atoms with E-state index in [1.165, 1.54) is 12.2 Å². The molecule has 0 N–H and O–H groups in total. The van der Waals surface area contributed by atoms with Gasteiger partial charge < -0.3 is 4.74 Å². The summed E-state index contributed by atoms with van der Waals surface area (Å²) in [5, 5.41) is 0.203. The molecule has 0 fully saturated rings. The fourth-order valence-corrected chi connectivity index (χ4v) is 8.10. The van der Waals surface area contributed by atoms with Crippen LogP contribution in [0.25, 0.3) is 44.0 Å². The van der Waals surface area contributed by atoms with E-state index in [4.69, 9.17) is 4.74 Å².